The second-order valence-corrected chi connectivity index (χ2v) is 7.96. The van der Waals surface area contributed by atoms with Crippen LogP contribution in [0.2, 0.25) is 0 Å². The zero-order chi connectivity index (χ0) is 18.7. The van der Waals surface area contributed by atoms with Gasteiger partial charge in [0.25, 0.3) is 0 Å². The van der Waals surface area contributed by atoms with Crippen molar-refractivity contribution in [1.29, 1.82) is 0 Å². The highest BCUT2D eigenvalue weighted by atomic mass is 32.2. The number of hydrogen-bond donors (Lipinski definition) is 2. The van der Waals surface area contributed by atoms with Crippen molar-refractivity contribution >= 4 is 15.8 Å². The standard InChI is InChI=1S/C17H29N3O4S/c1-5-18-17(19-10-11-25(21,22)6-2)20-13-14(3)24-16-9-7-8-15(12-16)23-4/h7-9,12,14H,5-6,10-11,13H2,1-4H3,(H2,18,19,20). The van der Waals surface area contributed by atoms with E-state index >= 15 is 0 Å². The Balaban J connectivity index is 2.54. The molecule has 1 atom stereocenters. The quantitative estimate of drug-likeness (QED) is 0.478. The topological polar surface area (TPSA) is 89.0 Å². The molecule has 0 saturated heterocycles. The van der Waals surface area contributed by atoms with Crippen molar-refractivity contribution in [1.82, 2.24) is 10.6 Å². The van der Waals surface area contributed by atoms with Gasteiger partial charge in [0.15, 0.2) is 15.8 Å². The summed E-state index contributed by atoms with van der Waals surface area (Å²) in [5.74, 6) is 2.27. The Labute approximate surface area is 150 Å². The molecule has 7 nitrogen and oxygen atoms in total. The molecule has 1 aromatic rings. The van der Waals surface area contributed by atoms with Gasteiger partial charge < -0.3 is 20.1 Å². The van der Waals surface area contributed by atoms with Crippen molar-refractivity contribution in [2.75, 3.05) is 38.2 Å². The molecular formula is C17H29N3O4S. The lowest BCUT2D eigenvalue weighted by Gasteiger charge is -2.15. The summed E-state index contributed by atoms with van der Waals surface area (Å²) < 4.78 is 34.1. The maximum Gasteiger partial charge on any atom is 0.191 e. The molecule has 8 heteroatoms. The van der Waals surface area contributed by atoms with Crippen LogP contribution in [0.5, 0.6) is 11.5 Å². The zero-order valence-corrected chi connectivity index (χ0v) is 16.2. The number of hydrogen-bond acceptors (Lipinski definition) is 5. The molecule has 0 aliphatic heterocycles. The Bertz CT molecular complexity index is 647. The molecule has 0 heterocycles. The number of ether oxygens (including phenoxy) is 2. The molecule has 2 N–H and O–H groups in total. The third kappa shape index (κ3) is 8.62. The molecule has 0 fully saturated rings. The van der Waals surface area contributed by atoms with Crippen LogP contribution in [-0.4, -0.2) is 58.7 Å². The van der Waals surface area contributed by atoms with E-state index in [1.807, 2.05) is 38.1 Å². The van der Waals surface area contributed by atoms with Crippen molar-refractivity contribution in [3.63, 3.8) is 0 Å². The van der Waals surface area contributed by atoms with Crippen molar-refractivity contribution in [2.24, 2.45) is 4.99 Å². The summed E-state index contributed by atoms with van der Waals surface area (Å²) in [6, 6.07) is 7.40. The molecule has 1 rings (SSSR count). The normalized spacial score (nSPS) is 13.2. The average molecular weight is 372 g/mol. The lowest BCUT2D eigenvalue weighted by Crippen LogP contribution is -2.40. The third-order valence-corrected chi connectivity index (χ3v) is 5.08. The summed E-state index contributed by atoms with van der Waals surface area (Å²) in [5, 5.41) is 6.13. The molecule has 25 heavy (non-hydrogen) atoms. The van der Waals surface area contributed by atoms with Gasteiger partial charge >= 0.3 is 0 Å². The highest BCUT2D eigenvalue weighted by Crippen LogP contribution is 2.19. The van der Waals surface area contributed by atoms with Crippen LogP contribution in [-0.2, 0) is 9.84 Å². The molecule has 0 aliphatic carbocycles. The van der Waals surface area contributed by atoms with E-state index in [0.717, 1.165) is 5.75 Å². The van der Waals surface area contributed by atoms with E-state index in [-0.39, 0.29) is 17.6 Å². The van der Waals surface area contributed by atoms with Crippen LogP contribution < -0.4 is 20.1 Å². The molecule has 1 unspecified atom stereocenters. The van der Waals surface area contributed by atoms with E-state index in [1.54, 1.807) is 14.0 Å². The van der Waals surface area contributed by atoms with Gasteiger partial charge in [-0.1, -0.05) is 13.0 Å². The first-order valence-electron chi connectivity index (χ1n) is 8.43. The van der Waals surface area contributed by atoms with Crippen LogP contribution in [0.25, 0.3) is 0 Å². The fourth-order valence-electron chi connectivity index (χ4n) is 1.97. The van der Waals surface area contributed by atoms with E-state index in [2.05, 4.69) is 15.6 Å². The van der Waals surface area contributed by atoms with Gasteiger partial charge in [0.1, 0.15) is 17.6 Å². The van der Waals surface area contributed by atoms with Crippen molar-refractivity contribution in [2.45, 2.75) is 26.9 Å². The molecule has 0 aromatic heterocycles. The first kappa shape index (κ1) is 21.1. The number of aliphatic imine (C=N–C) groups is 1. The summed E-state index contributed by atoms with van der Waals surface area (Å²) in [6.07, 6.45) is -0.137. The lowest BCUT2D eigenvalue weighted by atomic mass is 10.3. The molecule has 0 spiro atoms. The number of benzene rings is 1. The molecule has 1 aromatic carbocycles. The molecule has 0 aliphatic rings. The Hall–Kier alpha value is -1.96. The van der Waals surface area contributed by atoms with Gasteiger partial charge in [-0.2, -0.15) is 0 Å². The van der Waals surface area contributed by atoms with Gasteiger partial charge in [0.05, 0.1) is 19.4 Å². The average Bonchev–Trinajstić information content (AvgIpc) is 2.59. The molecule has 142 valence electrons. The molecule has 0 radical (unpaired) electrons. The van der Waals surface area contributed by atoms with Crippen LogP contribution in [0.4, 0.5) is 0 Å². The van der Waals surface area contributed by atoms with Gasteiger partial charge in [-0.05, 0) is 26.0 Å². The molecule has 0 amide bonds. The first-order valence-corrected chi connectivity index (χ1v) is 10.3. The Kier molecular flexibility index (Phi) is 9.12. The van der Waals surface area contributed by atoms with E-state index in [1.165, 1.54) is 0 Å². The SMILES string of the molecule is CCNC(=NCC(C)Oc1cccc(OC)c1)NCCS(=O)(=O)CC. The van der Waals surface area contributed by atoms with E-state index < -0.39 is 9.84 Å². The second-order valence-electron chi connectivity index (χ2n) is 5.49. The highest BCUT2D eigenvalue weighted by molar-refractivity contribution is 7.91. The maximum absolute atomic E-state index is 11.5. The van der Waals surface area contributed by atoms with Crippen molar-refractivity contribution < 1.29 is 17.9 Å². The van der Waals surface area contributed by atoms with Gasteiger partial charge in [-0.15, -0.1) is 0 Å². The summed E-state index contributed by atoms with van der Waals surface area (Å²) in [5.41, 5.74) is 0. The number of sulfone groups is 1. The minimum atomic E-state index is -2.99. The van der Waals surface area contributed by atoms with Crippen molar-refractivity contribution in [3.8, 4) is 11.5 Å². The number of nitrogens with one attached hydrogen (secondary N) is 2. The lowest BCUT2D eigenvalue weighted by molar-refractivity contribution is 0.229. The van der Waals surface area contributed by atoms with Crippen LogP contribution in [0, 0.1) is 0 Å². The van der Waals surface area contributed by atoms with Crippen LogP contribution in [0.1, 0.15) is 20.8 Å². The van der Waals surface area contributed by atoms with Gasteiger partial charge in [0, 0.05) is 24.9 Å². The van der Waals surface area contributed by atoms with Gasteiger partial charge in [-0.25, -0.2) is 13.4 Å². The minimum Gasteiger partial charge on any atom is -0.497 e. The summed E-state index contributed by atoms with van der Waals surface area (Å²) in [4.78, 5) is 4.44. The molecule has 0 bridgehead atoms. The smallest absolute Gasteiger partial charge is 0.191 e. The first-order chi connectivity index (χ1) is 11.9. The minimum absolute atomic E-state index is 0.0871. The fraction of sp³-hybridized carbons (Fsp3) is 0.588. The zero-order valence-electron chi connectivity index (χ0n) is 15.4. The van der Waals surface area contributed by atoms with Gasteiger partial charge in [-0.3, -0.25) is 0 Å². The molecular weight excluding hydrogens is 342 g/mol. The number of rotatable bonds is 10. The van der Waals surface area contributed by atoms with E-state index in [9.17, 15) is 8.42 Å². The Morgan fingerprint density at radius 1 is 1.24 bits per heavy atom. The fourth-order valence-corrected chi connectivity index (χ4v) is 2.68. The van der Waals surface area contributed by atoms with Gasteiger partial charge in [0.2, 0.25) is 0 Å². The Morgan fingerprint density at radius 3 is 2.60 bits per heavy atom. The monoisotopic (exact) mass is 371 g/mol. The van der Waals surface area contributed by atoms with E-state index in [4.69, 9.17) is 9.47 Å². The van der Waals surface area contributed by atoms with Crippen LogP contribution in [0.3, 0.4) is 0 Å². The largest absolute Gasteiger partial charge is 0.497 e. The summed E-state index contributed by atoms with van der Waals surface area (Å²) in [6.45, 7) is 6.98. The summed E-state index contributed by atoms with van der Waals surface area (Å²) in [7, 11) is -1.38. The number of nitrogens with zero attached hydrogens (tertiary/aromatic N) is 1. The van der Waals surface area contributed by atoms with Crippen LogP contribution in [0.15, 0.2) is 29.3 Å². The maximum atomic E-state index is 11.5. The summed E-state index contributed by atoms with van der Waals surface area (Å²) >= 11 is 0. The number of guanidine groups is 1. The van der Waals surface area contributed by atoms with E-state index in [0.29, 0.717) is 31.3 Å². The Morgan fingerprint density at radius 2 is 1.96 bits per heavy atom. The predicted molar refractivity (Wildman–Crippen MR) is 101 cm³/mol. The predicted octanol–water partition coefficient (Wildman–Crippen LogP) is 1.45. The third-order valence-electron chi connectivity index (χ3n) is 3.37. The highest BCUT2D eigenvalue weighted by Gasteiger charge is 2.08. The molecule has 0 saturated carbocycles. The second kappa shape index (κ2) is 10.8. The van der Waals surface area contributed by atoms with Crippen LogP contribution >= 0.6 is 0 Å². The van der Waals surface area contributed by atoms with Crippen molar-refractivity contribution in [3.05, 3.63) is 24.3 Å². The number of methoxy groups -OCH3 is 1.